The van der Waals surface area contributed by atoms with Gasteiger partial charge in [0.2, 0.25) is 0 Å². The van der Waals surface area contributed by atoms with Crippen LogP contribution in [0.5, 0.6) is 5.75 Å². The van der Waals surface area contributed by atoms with E-state index in [4.69, 9.17) is 14.7 Å². The van der Waals surface area contributed by atoms with Crippen LogP contribution in [-0.2, 0) is 7.05 Å². The second-order valence-corrected chi connectivity index (χ2v) is 7.58. The van der Waals surface area contributed by atoms with E-state index in [1.54, 1.807) is 25.8 Å². The second kappa shape index (κ2) is 7.05. The highest BCUT2D eigenvalue weighted by Crippen LogP contribution is 2.32. The quantitative estimate of drug-likeness (QED) is 0.446. The van der Waals surface area contributed by atoms with Gasteiger partial charge in [0.1, 0.15) is 11.3 Å². The number of nitrogens with zero attached hydrogens (tertiary/aromatic N) is 8. The van der Waals surface area contributed by atoms with Crippen molar-refractivity contribution in [1.82, 2.24) is 34.3 Å². The monoisotopic (exact) mass is 414 g/mol. The fourth-order valence-corrected chi connectivity index (χ4v) is 3.77. The van der Waals surface area contributed by atoms with Crippen molar-refractivity contribution in [1.29, 1.82) is 0 Å². The molecule has 0 aliphatic rings. The van der Waals surface area contributed by atoms with E-state index in [9.17, 15) is 0 Å². The van der Waals surface area contributed by atoms with Gasteiger partial charge >= 0.3 is 0 Å². The molecule has 0 saturated heterocycles. The number of anilines is 1. The number of aryl methyl sites for hydroxylation is 2. The fraction of sp³-hybridized carbons (Fsp3) is 0.227. The Hall–Kier alpha value is -4.01. The van der Waals surface area contributed by atoms with E-state index in [-0.39, 0.29) is 0 Å². The highest BCUT2D eigenvalue weighted by Gasteiger charge is 2.17. The summed E-state index contributed by atoms with van der Waals surface area (Å²) < 4.78 is 9.34. The minimum Gasteiger partial charge on any atom is -0.496 e. The average Bonchev–Trinajstić information content (AvgIpc) is 3.37. The van der Waals surface area contributed by atoms with Crippen LogP contribution in [0, 0.1) is 6.92 Å². The maximum absolute atomic E-state index is 5.51. The number of ether oxygens (including phenoxy) is 1. The zero-order valence-electron chi connectivity index (χ0n) is 18.0. The van der Waals surface area contributed by atoms with Crippen LogP contribution in [0.4, 0.5) is 5.82 Å². The lowest BCUT2D eigenvalue weighted by molar-refractivity contribution is 0.416. The summed E-state index contributed by atoms with van der Waals surface area (Å²) in [5, 5.41) is 5.61. The summed E-state index contributed by atoms with van der Waals surface area (Å²) in [5.74, 6) is 2.22. The first kappa shape index (κ1) is 19.0. The molecular weight excluding hydrogens is 392 g/mol. The third-order valence-electron chi connectivity index (χ3n) is 5.36. The largest absolute Gasteiger partial charge is 0.496 e. The van der Waals surface area contributed by atoms with Crippen molar-refractivity contribution in [2.75, 3.05) is 26.1 Å². The van der Waals surface area contributed by atoms with E-state index in [1.807, 2.05) is 66.6 Å². The van der Waals surface area contributed by atoms with Gasteiger partial charge in [-0.1, -0.05) is 0 Å². The molecule has 0 atom stereocenters. The molecule has 156 valence electrons. The minimum atomic E-state index is 0.713. The first-order valence-electron chi connectivity index (χ1n) is 9.81. The summed E-state index contributed by atoms with van der Waals surface area (Å²) in [5.41, 5.74) is 5.22. The highest BCUT2D eigenvalue weighted by molar-refractivity contribution is 5.90. The van der Waals surface area contributed by atoms with E-state index in [0.717, 1.165) is 50.5 Å². The maximum Gasteiger partial charge on any atom is 0.158 e. The zero-order valence-corrected chi connectivity index (χ0v) is 18.0. The van der Waals surface area contributed by atoms with Gasteiger partial charge in [-0.15, -0.1) is 0 Å². The standard InChI is InChI=1S/C22H22N8O/c1-13-14-11-25-30(17(14)8-16(26-13)15-10-23-7-6-19(15)31-5)20-9-18-21(24-12-29(18)4)22(27-20)28(2)3/h6-12H,1-5H3. The third-order valence-corrected chi connectivity index (χ3v) is 5.36. The molecular formula is C22H22N8O. The minimum absolute atomic E-state index is 0.713. The molecule has 5 heterocycles. The number of methoxy groups -OCH3 is 1. The molecule has 5 aromatic heterocycles. The summed E-state index contributed by atoms with van der Waals surface area (Å²) in [6, 6.07) is 5.83. The smallest absolute Gasteiger partial charge is 0.158 e. The molecule has 5 rings (SSSR count). The number of rotatable bonds is 4. The number of imidazole rings is 1. The summed E-state index contributed by atoms with van der Waals surface area (Å²) in [4.78, 5) is 20.4. The van der Waals surface area contributed by atoms with Crippen LogP contribution >= 0.6 is 0 Å². The lowest BCUT2D eigenvalue weighted by Crippen LogP contribution is -2.13. The lowest BCUT2D eigenvalue weighted by atomic mass is 10.1. The Kier molecular flexibility index (Phi) is 4.32. The van der Waals surface area contributed by atoms with Crippen LogP contribution in [0.15, 0.2) is 43.1 Å². The van der Waals surface area contributed by atoms with Crippen molar-refractivity contribution in [3.8, 4) is 22.8 Å². The number of hydrogen-bond acceptors (Lipinski definition) is 7. The van der Waals surface area contributed by atoms with Gasteiger partial charge in [0.05, 0.1) is 41.9 Å². The molecule has 31 heavy (non-hydrogen) atoms. The molecule has 0 fully saturated rings. The number of pyridine rings is 3. The van der Waals surface area contributed by atoms with Crippen molar-refractivity contribution in [2.45, 2.75) is 6.92 Å². The average molecular weight is 414 g/mol. The summed E-state index contributed by atoms with van der Waals surface area (Å²) in [6.45, 7) is 1.98. The Bertz CT molecular complexity index is 1430. The molecule has 5 aromatic rings. The van der Waals surface area contributed by atoms with Gasteiger partial charge in [-0.05, 0) is 19.1 Å². The Labute approximate surface area is 179 Å². The Morgan fingerprint density at radius 1 is 1.06 bits per heavy atom. The molecule has 0 aliphatic heterocycles. The zero-order chi connectivity index (χ0) is 21.7. The van der Waals surface area contributed by atoms with Crippen LogP contribution < -0.4 is 9.64 Å². The predicted molar refractivity (Wildman–Crippen MR) is 120 cm³/mol. The topological polar surface area (TPSA) is 86.8 Å². The van der Waals surface area contributed by atoms with Gasteiger partial charge in [0.25, 0.3) is 0 Å². The van der Waals surface area contributed by atoms with Gasteiger partial charge in [-0.25, -0.2) is 14.6 Å². The van der Waals surface area contributed by atoms with Gasteiger partial charge in [0, 0.05) is 50.7 Å². The molecule has 9 nitrogen and oxygen atoms in total. The molecule has 0 unspecified atom stereocenters. The van der Waals surface area contributed by atoms with E-state index >= 15 is 0 Å². The molecule has 0 amide bonds. The highest BCUT2D eigenvalue weighted by atomic mass is 16.5. The van der Waals surface area contributed by atoms with Crippen LogP contribution in [0.3, 0.4) is 0 Å². The van der Waals surface area contributed by atoms with Crippen LogP contribution in [0.25, 0.3) is 39.0 Å². The van der Waals surface area contributed by atoms with E-state index in [0.29, 0.717) is 5.82 Å². The molecule has 0 spiro atoms. The maximum atomic E-state index is 5.51. The number of hydrogen-bond donors (Lipinski definition) is 0. The van der Waals surface area contributed by atoms with Gasteiger partial charge in [-0.2, -0.15) is 5.10 Å². The van der Waals surface area contributed by atoms with Crippen LogP contribution in [0.2, 0.25) is 0 Å². The predicted octanol–water partition coefficient (Wildman–Crippen LogP) is 3.15. The molecule has 0 aromatic carbocycles. The molecule has 0 aliphatic carbocycles. The summed E-state index contributed by atoms with van der Waals surface area (Å²) in [7, 11) is 7.54. The molecule has 0 saturated carbocycles. The first-order chi connectivity index (χ1) is 15.0. The Morgan fingerprint density at radius 3 is 2.68 bits per heavy atom. The molecule has 9 heteroatoms. The van der Waals surface area contributed by atoms with Crippen molar-refractivity contribution in [3.05, 3.63) is 48.8 Å². The first-order valence-corrected chi connectivity index (χ1v) is 9.81. The lowest BCUT2D eigenvalue weighted by Gasteiger charge is -2.14. The van der Waals surface area contributed by atoms with Crippen LogP contribution in [0.1, 0.15) is 5.69 Å². The second-order valence-electron chi connectivity index (χ2n) is 7.58. The fourth-order valence-electron chi connectivity index (χ4n) is 3.77. The van der Waals surface area contributed by atoms with Gasteiger partial charge in [-0.3, -0.25) is 9.97 Å². The van der Waals surface area contributed by atoms with Crippen LogP contribution in [-0.4, -0.2) is 55.5 Å². The van der Waals surface area contributed by atoms with Crippen molar-refractivity contribution < 1.29 is 4.74 Å². The van der Waals surface area contributed by atoms with Gasteiger partial charge in [0.15, 0.2) is 11.6 Å². The molecule has 0 N–H and O–H groups in total. The molecule has 0 radical (unpaired) electrons. The van der Waals surface area contributed by atoms with Gasteiger partial charge < -0.3 is 14.2 Å². The SMILES string of the molecule is COc1ccncc1-c1cc2c(cnn2-c2cc3c(ncn3C)c(N(C)C)n2)c(C)n1. The van der Waals surface area contributed by atoms with E-state index < -0.39 is 0 Å². The normalized spacial score (nSPS) is 11.4. The van der Waals surface area contributed by atoms with Crippen molar-refractivity contribution in [2.24, 2.45) is 7.05 Å². The van der Waals surface area contributed by atoms with Crippen molar-refractivity contribution in [3.63, 3.8) is 0 Å². The Morgan fingerprint density at radius 2 is 1.90 bits per heavy atom. The number of aromatic nitrogens is 7. The summed E-state index contributed by atoms with van der Waals surface area (Å²) in [6.07, 6.45) is 7.09. The summed E-state index contributed by atoms with van der Waals surface area (Å²) >= 11 is 0. The Balaban J connectivity index is 1.77. The van der Waals surface area contributed by atoms with E-state index in [2.05, 4.69) is 15.1 Å². The number of fused-ring (bicyclic) bond motifs is 2. The third kappa shape index (κ3) is 2.97. The van der Waals surface area contributed by atoms with Crippen molar-refractivity contribution >= 4 is 27.8 Å². The molecule has 0 bridgehead atoms. The van der Waals surface area contributed by atoms with E-state index in [1.165, 1.54) is 0 Å².